The van der Waals surface area contributed by atoms with Gasteiger partial charge in [-0.1, -0.05) is 48.3 Å². The maximum Gasteiger partial charge on any atom is 0.255 e. The van der Waals surface area contributed by atoms with Gasteiger partial charge in [0.1, 0.15) is 0 Å². The van der Waals surface area contributed by atoms with E-state index < -0.39 is 0 Å². The van der Waals surface area contributed by atoms with Crippen LogP contribution in [-0.2, 0) is 6.42 Å². The first-order valence-corrected chi connectivity index (χ1v) is 6.85. The van der Waals surface area contributed by atoms with Gasteiger partial charge in [0.05, 0.1) is 10.0 Å². The summed E-state index contributed by atoms with van der Waals surface area (Å²) in [5, 5.41) is 12.4. The summed E-state index contributed by atoms with van der Waals surface area (Å²) in [5.41, 5.74) is 2.00. The van der Waals surface area contributed by atoms with Crippen LogP contribution in [0.4, 0.5) is 5.69 Å². The van der Waals surface area contributed by atoms with Gasteiger partial charge in [0.25, 0.3) is 5.91 Å². The number of phenols is 1. The molecule has 0 heterocycles. The SMILES string of the molecule is CCc1ccccc1C(=O)Nc1cc(Cl)c(O)c(Cl)c1. The molecule has 3 nitrogen and oxygen atoms in total. The summed E-state index contributed by atoms with van der Waals surface area (Å²) < 4.78 is 0. The second-order valence-electron chi connectivity index (χ2n) is 4.25. The fourth-order valence-electron chi connectivity index (χ4n) is 1.89. The molecule has 0 aliphatic carbocycles. The number of hydrogen-bond donors (Lipinski definition) is 2. The number of anilines is 1. The Labute approximate surface area is 127 Å². The molecular formula is C15H13Cl2NO2. The molecule has 2 rings (SSSR count). The Hall–Kier alpha value is -1.71. The Morgan fingerprint density at radius 3 is 2.40 bits per heavy atom. The molecule has 0 fully saturated rings. The minimum atomic E-state index is -0.236. The second-order valence-corrected chi connectivity index (χ2v) is 5.07. The van der Waals surface area contributed by atoms with Crippen LogP contribution in [0.3, 0.4) is 0 Å². The number of carbonyl (C=O) groups is 1. The standard InChI is InChI=1S/C15H13Cl2NO2/c1-2-9-5-3-4-6-11(9)15(20)18-10-7-12(16)14(19)13(17)8-10/h3-8,19H,2H2,1H3,(H,18,20). The minimum absolute atomic E-state index is 0.0941. The van der Waals surface area contributed by atoms with Crippen molar-refractivity contribution < 1.29 is 9.90 Å². The van der Waals surface area contributed by atoms with E-state index in [0.717, 1.165) is 12.0 Å². The van der Waals surface area contributed by atoms with Gasteiger partial charge in [-0.15, -0.1) is 0 Å². The van der Waals surface area contributed by atoms with Gasteiger partial charge in [0.2, 0.25) is 0 Å². The molecule has 0 aromatic heterocycles. The summed E-state index contributed by atoms with van der Waals surface area (Å²) in [6.45, 7) is 1.99. The van der Waals surface area contributed by atoms with Crippen LogP contribution in [-0.4, -0.2) is 11.0 Å². The highest BCUT2D eigenvalue weighted by molar-refractivity contribution is 6.37. The number of phenolic OH excluding ortho intramolecular Hbond substituents is 1. The number of aryl methyl sites for hydroxylation is 1. The number of halogens is 2. The largest absolute Gasteiger partial charge is 0.505 e. The van der Waals surface area contributed by atoms with Crippen molar-refractivity contribution in [1.82, 2.24) is 0 Å². The molecule has 0 atom stereocenters. The van der Waals surface area contributed by atoms with Crippen molar-refractivity contribution >= 4 is 34.8 Å². The molecule has 0 radical (unpaired) electrons. The molecule has 2 aromatic rings. The second kappa shape index (κ2) is 6.16. The van der Waals surface area contributed by atoms with Crippen molar-refractivity contribution in [2.45, 2.75) is 13.3 Å². The Balaban J connectivity index is 2.28. The quantitative estimate of drug-likeness (QED) is 0.819. The van der Waals surface area contributed by atoms with E-state index >= 15 is 0 Å². The highest BCUT2D eigenvalue weighted by Gasteiger charge is 2.12. The van der Waals surface area contributed by atoms with Crippen LogP contribution < -0.4 is 5.32 Å². The van der Waals surface area contributed by atoms with Gasteiger partial charge in [0.15, 0.2) is 5.75 Å². The molecular weight excluding hydrogens is 297 g/mol. The summed E-state index contributed by atoms with van der Waals surface area (Å²) in [6, 6.07) is 10.3. The molecule has 0 saturated carbocycles. The number of nitrogens with one attached hydrogen (secondary N) is 1. The summed E-state index contributed by atoms with van der Waals surface area (Å²) >= 11 is 11.6. The summed E-state index contributed by atoms with van der Waals surface area (Å²) in [6.07, 6.45) is 0.765. The third kappa shape index (κ3) is 3.06. The number of aromatic hydroxyl groups is 1. The Morgan fingerprint density at radius 1 is 1.20 bits per heavy atom. The lowest BCUT2D eigenvalue weighted by Crippen LogP contribution is -2.14. The molecule has 0 aliphatic rings. The zero-order valence-electron chi connectivity index (χ0n) is 10.8. The van der Waals surface area contributed by atoms with Gasteiger partial charge < -0.3 is 10.4 Å². The van der Waals surface area contributed by atoms with Crippen molar-refractivity contribution in [2.24, 2.45) is 0 Å². The van der Waals surface area contributed by atoms with Gasteiger partial charge in [-0.3, -0.25) is 4.79 Å². The van der Waals surface area contributed by atoms with Gasteiger partial charge in [0, 0.05) is 11.3 Å². The van der Waals surface area contributed by atoms with Crippen molar-refractivity contribution in [2.75, 3.05) is 5.32 Å². The van der Waals surface area contributed by atoms with Crippen molar-refractivity contribution in [3.63, 3.8) is 0 Å². The highest BCUT2D eigenvalue weighted by Crippen LogP contribution is 2.34. The molecule has 20 heavy (non-hydrogen) atoms. The Morgan fingerprint density at radius 2 is 1.80 bits per heavy atom. The van der Waals surface area contributed by atoms with Crippen molar-refractivity contribution in [3.05, 3.63) is 57.6 Å². The number of amides is 1. The van der Waals surface area contributed by atoms with Crippen LogP contribution in [0, 0.1) is 0 Å². The van der Waals surface area contributed by atoms with Gasteiger partial charge in [-0.2, -0.15) is 0 Å². The predicted molar refractivity (Wildman–Crippen MR) is 81.9 cm³/mol. The average Bonchev–Trinajstić information content (AvgIpc) is 2.44. The van der Waals surface area contributed by atoms with E-state index in [1.165, 1.54) is 12.1 Å². The smallest absolute Gasteiger partial charge is 0.255 e. The molecule has 104 valence electrons. The van der Waals surface area contributed by atoms with E-state index in [-0.39, 0.29) is 21.7 Å². The molecule has 0 bridgehead atoms. The van der Waals surface area contributed by atoms with Crippen molar-refractivity contribution in [1.29, 1.82) is 0 Å². The van der Waals surface area contributed by atoms with E-state index in [1.807, 2.05) is 25.1 Å². The topological polar surface area (TPSA) is 49.3 Å². The molecule has 5 heteroatoms. The van der Waals surface area contributed by atoms with Crippen LogP contribution in [0.2, 0.25) is 10.0 Å². The number of benzene rings is 2. The maximum absolute atomic E-state index is 12.2. The van der Waals surface area contributed by atoms with Crippen LogP contribution in [0.15, 0.2) is 36.4 Å². The Kier molecular flexibility index (Phi) is 4.53. The molecule has 1 amide bonds. The highest BCUT2D eigenvalue weighted by atomic mass is 35.5. The molecule has 0 spiro atoms. The molecule has 0 unspecified atom stereocenters. The average molecular weight is 310 g/mol. The Bertz CT molecular complexity index is 633. The lowest BCUT2D eigenvalue weighted by atomic mass is 10.0. The van der Waals surface area contributed by atoms with E-state index in [0.29, 0.717) is 11.3 Å². The predicted octanol–water partition coefficient (Wildman–Crippen LogP) is 4.51. The third-order valence-electron chi connectivity index (χ3n) is 2.92. The van der Waals surface area contributed by atoms with E-state index in [9.17, 15) is 9.90 Å². The molecule has 0 aliphatic heterocycles. The number of hydrogen-bond acceptors (Lipinski definition) is 2. The normalized spacial score (nSPS) is 10.3. The van der Waals surface area contributed by atoms with Gasteiger partial charge in [-0.25, -0.2) is 0 Å². The fourth-order valence-corrected chi connectivity index (χ4v) is 2.37. The number of carbonyl (C=O) groups excluding carboxylic acids is 1. The van der Waals surface area contributed by atoms with E-state index in [4.69, 9.17) is 23.2 Å². The maximum atomic E-state index is 12.2. The first kappa shape index (κ1) is 14.7. The van der Waals surface area contributed by atoms with Crippen LogP contribution in [0.1, 0.15) is 22.8 Å². The van der Waals surface area contributed by atoms with Crippen molar-refractivity contribution in [3.8, 4) is 5.75 Å². The summed E-state index contributed by atoms with van der Waals surface area (Å²) in [5.74, 6) is -0.430. The monoisotopic (exact) mass is 309 g/mol. The summed E-state index contributed by atoms with van der Waals surface area (Å²) in [7, 11) is 0. The van der Waals surface area contributed by atoms with Gasteiger partial charge in [-0.05, 0) is 30.2 Å². The molecule has 2 aromatic carbocycles. The van der Waals surface area contributed by atoms with E-state index in [2.05, 4.69) is 5.32 Å². The number of rotatable bonds is 3. The van der Waals surface area contributed by atoms with Crippen LogP contribution >= 0.6 is 23.2 Å². The lowest BCUT2D eigenvalue weighted by Gasteiger charge is -2.10. The van der Waals surface area contributed by atoms with Gasteiger partial charge >= 0.3 is 0 Å². The summed E-state index contributed by atoms with van der Waals surface area (Å²) in [4.78, 5) is 12.2. The van der Waals surface area contributed by atoms with E-state index in [1.54, 1.807) is 6.07 Å². The third-order valence-corrected chi connectivity index (χ3v) is 3.49. The zero-order chi connectivity index (χ0) is 14.7. The zero-order valence-corrected chi connectivity index (χ0v) is 12.3. The minimum Gasteiger partial charge on any atom is -0.505 e. The fraction of sp³-hybridized carbons (Fsp3) is 0.133. The molecule has 2 N–H and O–H groups in total. The first-order valence-electron chi connectivity index (χ1n) is 6.10. The first-order chi connectivity index (χ1) is 9.52. The lowest BCUT2D eigenvalue weighted by molar-refractivity contribution is 0.102. The molecule has 0 saturated heterocycles. The van der Waals surface area contributed by atoms with Crippen LogP contribution in [0.25, 0.3) is 0 Å². The van der Waals surface area contributed by atoms with Crippen LogP contribution in [0.5, 0.6) is 5.75 Å².